The summed E-state index contributed by atoms with van der Waals surface area (Å²) in [6.45, 7) is 1.80. The molecular formula is C9H7N3O2. The van der Waals surface area contributed by atoms with Crippen molar-refractivity contribution < 1.29 is 9.59 Å². The molecule has 0 unspecified atom stereocenters. The number of fused-ring (bicyclic) bond motifs is 1. The lowest BCUT2D eigenvalue weighted by atomic mass is 10.2. The fraction of sp³-hybridized carbons (Fsp3) is 0.111. The molecule has 1 aliphatic heterocycles. The van der Waals surface area contributed by atoms with Gasteiger partial charge in [0.1, 0.15) is 0 Å². The van der Waals surface area contributed by atoms with E-state index in [-0.39, 0.29) is 0 Å². The number of amides is 2. The van der Waals surface area contributed by atoms with Gasteiger partial charge in [0.15, 0.2) is 0 Å². The number of carbonyl (C=O) groups is 2. The standard InChI is InChI=1S/C9H7N3O2/c1-4-2-6-7(3-5(4)10)12-9(14)8(13)11-6/h2-3H,10H2,1H3. The minimum Gasteiger partial charge on any atom is -0.398 e. The number of hydrogen-bond acceptors (Lipinski definition) is 3. The maximum Gasteiger partial charge on any atom is 0.338 e. The van der Waals surface area contributed by atoms with Crippen molar-refractivity contribution in [3.05, 3.63) is 28.4 Å². The zero-order chi connectivity index (χ0) is 10.3. The SMILES string of the molecule is Cc1cc2c(cc1N)=NC(=O)C(=O)N=2. The van der Waals surface area contributed by atoms with E-state index in [9.17, 15) is 9.59 Å². The lowest BCUT2D eigenvalue weighted by Gasteiger charge is -2.01. The summed E-state index contributed by atoms with van der Waals surface area (Å²) in [6.07, 6.45) is 0. The molecule has 0 aromatic heterocycles. The lowest BCUT2D eigenvalue weighted by Crippen LogP contribution is -2.35. The van der Waals surface area contributed by atoms with E-state index in [1.165, 1.54) is 0 Å². The van der Waals surface area contributed by atoms with Gasteiger partial charge in [0, 0.05) is 5.69 Å². The van der Waals surface area contributed by atoms with Crippen LogP contribution < -0.4 is 16.4 Å². The predicted molar refractivity (Wildman–Crippen MR) is 47.9 cm³/mol. The van der Waals surface area contributed by atoms with Gasteiger partial charge in [0.05, 0.1) is 10.7 Å². The van der Waals surface area contributed by atoms with Crippen LogP contribution in [0.3, 0.4) is 0 Å². The highest BCUT2D eigenvalue weighted by Gasteiger charge is 2.15. The Hall–Kier alpha value is -2.04. The second kappa shape index (κ2) is 2.73. The fourth-order valence-electron chi connectivity index (χ4n) is 1.19. The molecule has 0 radical (unpaired) electrons. The Balaban J connectivity index is 2.87. The highest BCUT2D eigenvalue weighted by atomic mass is 16.2. The second-order valence-electron chi connectivity index (χ2n) is 3.03. The lowest BCUT2D eigenvalue weighted by molar-refractivity contribution is -0.135. The number of carbonyl (C=O) groups excluding carboxylic acids is 2. The van der Waals surface area contributed by atoms with E-state index in [4.69, 9.17) is 5.73 Å². The van der Waals surface area contributed by atoms with Crippen molar-refractivity contribution in [2.75, 3.05) is 5.73 Å². The van der Waals surface area contributed by atoms with Crippen molar-refractivity contribution in [1.29, 1.82) is 0 Å². The summed E-state index contributed by atoms with van der Waals surface area (Å²) >= 11 is 0. The summed E-state index contributed by atoms with van der Waals surface area (Å²) < 4.78 is 0. The van der Waals surface area contributed by atoms with Gasteiger partial charge in [-0.3, -0.25) is 9.59 Å². The van der Waals surface area contributed by atoms with E-state index in [1.807, 2.05) is 0 Å². The summed E-state index contributed by atoms with van der Waals surface area (Å²) in [5.74, 6) is -1.68. The second-order valence-corrected chi connectivity index (χ2v) is 3.03. The van der Waals surface area contributed by atoms with Gasteiger partial charge in [-0.15, -0.1) is 0 Å². The largest absolute Gasteiger partial charge is 0.398 e. The first-order valence-electron chi connectivity index (χ1n) is 4.00. The van der Waals surface area contributed by atoms with Crippen LogP contribution >= 0.6 is 0 Å². The zero-order valence-electron chi connectivity index (χ0n) is 7.44. The summed E-state index contributed by atoms with van der Waals surface area (Å²) in [5.41, 5.74) is 6.97. The van der Waals surface area contributed by atoms with Crippen molar-refractivity contribution >= 4 is 17.5 Å². The van der Waals surface area contributed by atoms with Gasteiger partial charge in [-0.1, -0.05) is 0 Å². The topological polar surface area (TPSA) is 84.9 Å². The maximum absolute atomic E-state index is 10.9. The van der Waals surface area contributed by atoms with E-state index in [2.05, 4.69) is 9.98 Å². The molecule has 0 spiro atoms. The average molecular weight is 189 g/mol. The minimum absolute atomic E-state index is 0.359. The van der Waals surface area contributed by atoms with Crippen molar-refractivity contribution in [1.82, 2.24) is 0 Å². The molecule has 0 bridgehead atoms. The molecule has 0 saturated heterocycles. The molecule has 2 rings (SSSR count). The van der Waals surface area contributed by atoms with Crippen LogP contribution in [0, 0.1) is 6.92 Å². The van der Waals surface area contributed by atoms with Gasteiger partial charge in [-0.25, -0.2) is 9.98 Å². The number of hydrogen-bond donors (Lipinski definition) is 1. The minimum atomic E-state index is -0.847. The molecule has 1 aromatic rings. The molecule has 5 heteroatoms. The Labute approximate surface area is 79.0 Å². The molecule has 0 aliphatic carbocycles. The van der Waals surface area contributed by atoms with Gasteiger partial charge in [-0.2, -0.15) is 0 Å². The van der Waals surface area contributed by atoms with Crippen molar-refractivity contribution in [2.45, 2.75) is 6.92 Å². The molecule has 2 N–H and O–H groups in total. The van der Waals surface area contributed by atoms with Gasteiger partial charge in [0.25, 0.3) is 0 Å². The van der Waals surface area contributed by atoms with Crippen molar-refractivity contribution in [3.8, 4) is 0 Å². The molecule has 14 heavy (non-hydrogen) atoms. The van der Waals surface area contributed by atoms with Crippen LogP contribution in [0.1, 0.15) is 5.56 Å². The zero-order valence-corrected chi connectivity index (χ0v) is 7.44. The maximum atomic E-state index is 10.9. The number of aryl methyl sites for hydroxylation is 1. The summed E-state index contributed by atoms with van der Waals surface area (Å²) in [6, 6.07) is 3.18. The molecule has 2 amide bonds. The molecule has 0 saturated carbocycles. The number of anilines is 1. The molecular weight excluding hydrogens is 182 g/mol. The summed E-state index contributed by atoms with van der Waals surface area (Å²) in [7, 11) is 0. The monoisotopic (exact) mass is 189 g/mol. The quantitative estimate of drug-likeness (QED) is 0.414. The van der Waals surface area contributed by atoms with Crippen LogP contribution in [0.5, 0.6) is 0 Å². The van der Waals surface area contributed by atoms with Gasteiger partial charge < -0.3 is 5.73 Å². The van der Waals surface area contributed by atoms with Gasteiger partial charge in [-0.05, 0) is 24.6 Å². The Kier molecular flexibility index (Phi) is 1.67. The van der Waals surface area contributed by atoms with E-state index in [1.54, 1.807) is 19.1 Å². The summed E-state index contributed by atoms with van der Waals surface area (Å²) in [4.78, 5) is 29.0. The normalized spacial score (nSPS) is 14.4. The van der Waals surface area contributed by atoms with Crippen LogP contribution in [-0.2, 0) is 9.59 Å². The summed E-state index contributed by atoms with van der Waals surface area (Å²) in [5, 5.41) is 0.763. The molecule has 1 aromatic carbocycles. The van der Waals surface area contributed by atoms with Crippen molar-refractivity contribution in [3.63, 3.8) is 0 Å². The first-order chi connectivity index (χ1) is 6.58. The number of nitrogens with two attached hydrogens (primary N) is 1. The van der Waals surface area contributed by atoms with E-state index < -0.39 is 11.8 Å². The first kappa shape index (κ1) is 8.55. The highest BCUT2D eigenvalue weighted by molar-refractivity contribution is 6.36. The van der Waals surface area contributed by atoms with E-state index >= 15 is 0 Å². The predicted octanol–water partition coefficient (Wildman–Crippen LogP) is -1.12. The van der Waals surface area contributed by atoms with Gasteiger partial charge >= 0.3 is 11.8 Å². The molecule has 1 heterocycles. The Bertz CT molecular complexity index is 509. The molecule has 1 aliphatic rings. The van der Waals surface area contributed by atoms with E-state index in [0.717, 1.165) is 5.56 Å². The fourth-order valence-corrected chi connectivity index (χ4v) is 1.19. The van der Waals surface area contributed by atoms with E-state index in [0.29, 0.717) is 16.4 Å². The van der Waals surface area contributed by atoms with Crippen LogP contribution in [0.2, 0.25) is 0 Å². The third-order valence-corrected chi connectivity index (χ3v) is 1.99. The van der Waals surface area contributed by atoms with Crippen LogP contribution in [0.25, 0.3) is 0 Å². The number of nitrogens with zero attached hydrogens (tertiary/aromatic N) is 2. The molecule has 70 valence electrons. The molecule has 5 nitrogen and oxygen atoms in total. The Morgan fingerprint density at radius 2 is 1.57 bits per heavy atom. The highest BCUT2D eigenvalue weighted by Crippen LogP contribution is 2.02. The molecule has 0 fully saturated rings. The third kappa shape index (κ3) is 1.19. The Morgan fingerprint density at radius 3 is 2.14 bits per heavy atom. The Morgan fingerprint density at radius 1 is 1.07 bits per heavy atom. The number of nitrogen functional groups attached to an aromatic ring is 1. The van der Waals surface area contributed by atoms with Crippen molar-refractivity contribution in [2.24, 2.45) is 9.98 Å². The van der Waals surface area contributed by atoms with Crippen LogP contribution in [0.15, 0.2) is 22.1 Å². The van der Waals surface area contributed by atoms with Crippen LogP contribution in [-0.4, -0.2) is 11.8 Å². The average Bonchev–Trinajstić information content (AvgIpc) is 2.11. The number of benzene rings is 1. The third-order valence-electron chi connectivity index (χ3n) is 1.99. The van der Waals surface area contributed by atoms with Crippen LogP contribution in [0.4, 0.5) is 5.69 Å². The molecule has 0 atom stereocenters. The number of rotatable bonds is 0. The smallest absolute Gasteiger partial charge is 0.338 e. The first-order valence-corrected chi connectivity index (χ1v) is 4.00. The van der Waals surface area contributed by atoms with Gasteiger partial charge in [0.2, 0.25) is 0 Å².